The largest absolute Gasteiger partial charge is 0.599 e. The number of rotatable bonds is 4. The Balaban J connectivity index is 2.76. The first-order chi connectivity index (χ1) is 7.43. The Morgan fingerprint density at radius 3 is 1.81 bits per heavy atom. The molecule has 0 bridgehead atoms. The molecule has 1 heterocycles. The number of piperidine rings is 1. The van der Waals surface area contributed by atoms with Gasteiger partial charge in [-0.1, -0.05) is 6.42 Å². The Hall–Kier alpha value is 0.0569. The molecule has 0 unspecified atom stereocenters. The molecule has 0 aromatic heterocycles. The maximum atomic E-state index is 6.08. The monoisotopic (exact) mass is 247 g/mol. The second-order valence-corrected chi connectivity index (χ2v) is 7.90. The minimum Gasteiger partial charge on any atom is -0.364 e. The molecule has 1 aliphatic rings. The van der Waals surface area contributed by atoms with Crippen molar-refractivity contribution in [3.8, 4) is 0 Å². The lowest BCUT2D eigenvalue weighted by Crippen LogP contribution is -2.63. The van der Waals surface area contributed by atoms with E-state index >= 15 is 0 Å². The molecule has 0 aromatic carbocycles. The van der Waals surface area contributed by atoms with Crippen molar-refractivity contribution < 1.29 is 13.3 Å². The lowest BCUT2D eigenvalue weighted by Gasteiger charge is -2.41. The van der Waals surface area contributed by atoms with Gasteiger partial charge in [-0.05, 0) is 46.7 Å². The summed E-state index contributed by atoms with van der Waals surface area (Å²) in [5.74, 6) is 0. The zero-order chi connectivity index (χ0) is 12.2. The Kier molecular flexibility index (Phi) is 4.94. The molecule has 1 saturated heterocycles. The van der Waals surface area contributed by atoms with E-state index in [1.165, 1.54) is 19.3 Å². The standard InChI is InChI=1S/C11H25NO3Si/c1-11(2,3)15-16(13-4,14-5)12-9-7-6-8-10-12/h6-10H2,1-5H3. The van der Waals surface area contributed by atoms with Crippen LogP contribution in [0.3, 0.4) is 0 Å². The van der Waals surface area contributed by atoms with Gasteiger partial charge >= 0.3 is 8.97 Å². The lowest BCUT2D eigenvalue weighted by atomic mass is 10.2. The summed E-state index contributed by atoms with van der Waals surface area (Å²) in [4.78, 5) is 0. The van der Waals surface area contributed by atoms with E-state index in [1.807, 2.05) is 20.8 Å². The van der Waals surface area contributed by atoms with E-state index in [9.17, 15) is 0 Å². The highest BCUT2D eigenvalue weighted by Gasteiger charge is 2.50. The van der Waals surface area contributed by atoms with Gasteiger partial charge in [0.1, 0.15) is 0 Å². The van der Waals surface area contributed by atoms with Gasteiger partial charge < -0.3 is 13.3 Å². The van der Waals surface area contributed by atoms with Crippen molar-refractivity contribution in [3.05, 3.63) is 0 Å². The van der Waals surface area contributed by atoms with Crippen molar-refractivity contribution in [1.82, 2.24) is 4.57 Å². The molecule has 0 atom stereocenters. The second kappa shape index (κ2) is 5.60. The molecule has 0 saturated carbocycles. The molecular weight excluding hydrogens is 222 g/mol. The third kappa shape index (κ3) is 3.53. The van der Waals surface area contributed by atoms with Crippen molar-refractivity contribution >= 4 is 8.97 Å². The fourth-order valence-electron chi connectivity index (χ4n) is 2.04. The Morgan fingerprint density at radius 2 is 1.44 bits per heavy atom. The summed E-state index contributed by atoms with van der Waals surface area (Å²) in [6.45, 7) is 8.15. The van der Waals surface area contributed by atoms with Crippen LogP contribution in [0.1, 0.15) is 40.0 Å². The number of hydrogen-bond acceptors (Lipinski definition) is 4. The average Bonchev–Trinajstić information content (AvgIpc) is 2.26. The quantitative estimate of drug-likeness (QED) is 0.711. The molecule has 96 valence electrons. The van der Waals surface area contributed by atoms with Crippen molar-refractivity contribution in [2.45, 2.75) is 45.6 Å². The summed E-state index contributed by atoms with van der Waals surface area (Å²) in [5.41, 5.74) is -0.240. The van der Waals surface area contributed by atoms with Gasteiger partial charge in [0.25, 0.3) is 0 Å². The van der Waals surface area contributed by atoms with E-state index in [-0.39, 0.29) is 5.60 Å². The minimum atomic E-state index is -2.64. The summed E-state index contributed by atoms with van der Waals surface area (Å²) in [5, 5.41) is 0. The van der Waals surface area contributed by atoms with Crippen LogP contribution < -0.4 is 0 Å². The Labute approximate surface area is 100 Å². The smallest absolute Gasteiger partial charge is 0.364 e. The van der Waals surface area contributed by atoms with E-state index in [0.29, 0.717) is 0 Å². The zero-order valence-electron chi connectivity index (χ0n) is 11.2. The van der Waals surface area contributed by atoms with Crippen molar-refractivity contribution in [2.75, 3.05) is 27.3 Å². The minimum absolute atomic E-state index is 0.240. The van der Waals surface area contributed by atoms with Crippen LogP contribution in [-0.2, 0) is 13.3 Å². The molecule has 0 aromatic rings. The molecule has 1 aliphatic heterocycles. The summed E-state index contributed by atoms with van der Waals surface area (Å²) < 4.78 is 19.6. The van der Waals surface area contributed by atoms with Crippen molar-refractivity contribution in [3.63, 3.8) is 0 Å². The molecule has 5 heteroatoms. The summed E-state index contributed by atoms with van der Waals surface area (Å²) in [6, 6.07) is 0. The van der Waals surface area contributed by atoms with Crippen molar-refractivity contribution in [1.29, 1.82) is 0 Å². The van der Waals surface area contributed by atoms with Gasteiger partial charge in [-0.3, -0.25) is 4.57 Å². The molecule has 4 nitrogen and oxygen atoms in total. The topological polar surface area (TPSA) is 30.9 Å². The maximum Gasteiger partial charge on any atom is 0.599 e. The van der Waals surface area contributed by atoms with Crippen LogP contribution in [0.5, 0.6) is 0 Å². The maximum absolute atomic E-state index is 6.08. The lowest BCUT2D eigenvalue weighted by molar-refractivity contribution is -0.0267. The van der Waals surface area contributed by atoms with E-state index in [0.717, 1.165) is 13.1 Å². The molecule has 0 radical (unpaired) electrons. The molecule has 0 amide bonds. The average molecular weight is 247 g/mol. The van der Waals surface area contributed by atoms with E-state index in [4.69, 9.17) is 13.3 Å². The first-order valence-electron chi connectivity index (χ1n) is 5.99. The summed E-state index contributed by atoms with van der Waals surface area (Å²) >= 11 is 0. The predicted molar refractivity (Wildman–Crippen MR) is 66.0 cm³/mol. The number of nitrogens with zero attached hydrogens (tertiary/aromatic N) is 1. The second-order valence-electron chi connectivity index (χ2n) is 5.19. The molecule has 1 fully saturated rings. The van der Waals surface area contributed by atoms with Gasteiger partial charge in [0.15, 0.2) is 0 Å². The third-order valence-electron chi connectivity index (χ3n) is 2.69. The highest BCUT2D eigenvalue weighted by Crippen LogP contribution is 2.24. The number of hydrogen-bond donors (Lipinski definition) is 0. The van der Waals surface area contributed by atoms with Gasteiger partial charge in [0.2, 0.25) is 0 Å². The SMILES string of the molecule is CO[Si](OC)(OC(C)(C)C)N1CCCCC1. The van der Waals surface area contributed by atoms with Gasteiger partial charge in [0.05, 0.1) is 5.60 Å². The molecule has 0 spiro atoms. The Morgan fingerprint density at radius 1 is 0.938 bits per heavy atom. The molecule has 16 heavy (non-hydrogen) atoms. The molecule has 0 aliphatic carbocycles. The van der Waals surface area contributed by atoms with Crippen LogP contribution in [0.4, 0.5) is 0 Å². The highest BCUT2D eigenvalue weighted by atomic mass is 28.4. The van der Waals surface area contributed by atoms with Gasteiger partial charge in [-0.25, -0.2) is 0 Å². The van der Waals surface area contributed by atoms with Crippen molar-refractivity contribution in [2.24, 2.45) is 0 Å². The van der Waals surface area contributed by atoms with Gasteiger partial charge in [-0.2, -0.15) is 0 Å². The van der Waals surface area contributed by atoms with Crippen LogP contribution in [0.25, 0.3) is 0 Å². The van der Waals surface area contributed by atoms with Gasteiger partial charge in [0, 0.05) is 14.2 Å². The van der Waals surface area contributed by atoms with E-state index in [1.54, 1.807) is 14.2 Å². The van der Waals surface area contributed by atoms with Gasteiger partial charge in [-0.15, -0.1) is 0 Å². The normalized spacial score (nSPS) is 20.1. The first-order valence-corrected chi connectivity index (χ1v) is 7.66. The van der Waals surface area contributed by atoms with Crippen LogP contribution in [0, 0.1) is 0 Å². The summed E-state index contributed by atoms with van der Waals surface area (Å²) in [7, 11) is 0.736. The fourth-order valence-corrected chi connectivity index (χ4v) is 4.66. The van der Waals surface area contributed by atoms with Crippen LogP contribution in [0.2, 0.25) is 0 Å². The Bertz CT molecular complexity index is 208. The van der Waals surface area contributed by atoms with E-state index < -0.39 is 8.97 Å². The molecular formula is C11H25NO3Si. The molecule has 0 N–H and O–H groups in total. The van der Waals surface area contributed by atoms with Crippen LogP contribution in [0.15, 0.2) is 0 Å². The third-order valence-corrected chi connectivity index (χ3v) is 5.82. The van der Waals surface area contributed by atoms with E-state index in [2.05, 4.69) is 4.57 Å². The first kappa shape index (κ1) is 14.1. The zero-order valence-corrected chi connectivity index (χ0v) is 12.2. The van der Waals surface area contributed by atoms with Crippen LogP contribution in [-0.4, -0.2) is 46.4 Å². The highest BCUT2D eigenvalue weighted by molar-refractivity contribution is 6.57. The fraction of sp³-hybridized carbons (Fsp3) is 1.00. The molecule has 1 rings (SSSR count). The van der Waals surface area contributed by atoms with Crippen LogP contribution >= 0.6 is 0 Å². The summed E-state index contributed by atoms with van der Waals surface area (Å²) in [6.07, 6.45) is 3.70. The predicted octanol–water partition coefficient (Wildman–Crippen LogP) is 2.02.